The van der Waals surface area contributed by atoms with E-state index in [0.717, 1.165) is 5.56 Å². The summed E-state index contributed by atoms with van der Waals surface area (Å²) in [6.07, 6.45) is 3.78. The molecule has 0 radical (unpaired) electrons. The van der Waals surface area contributed by atoms with Gasteiger partial charge >= 0.3 is 5.97 Å². The topological polar surface area (TPSA) is 42.2 Å². The second-order valence-corrected chi connectivity index (χ2v) is 4.23. The van der Waals surface area contributed by atoms with Crippen molar-refractivity contribution >= 4 is 17.6 Å². The second kappa shape index (κ2) is 5.06. The van der Waals surface area contributed by atoms with E-state index in [9.17, 15) is 4.79 Å². The molecule has 0 unspecified atom stereocenters. The van der Waals surface area contributed by atoms with Gasteiger partial charge in [-0.2, -0.15) is 0 Å². The molecule has 1 aromatic heterocycles. The molecular weight excluding hydrogens is 238 g/mol. The molecule has 0 saturated carbocycles. The Labute approximate surface area is 104 Å². The average Bonchev–Trinajstić information content (AvgIpc) is 2.80. The van der Waals surface area contributed by atoms with Crippen LogP contribution < -0.4 is 0 Å². The average molecular weight is 250 g/mol. The molecule has 2 rings (SSSR count). The fraction of sp³-hybridized carbons (Fsp3) is 0.154. The zero-order chi connectivity index (χ0) is 12.3. The van der Waals surface area contributed by atoms with E-state index in [-0.39, 0.29) is 12.5 Å². The fourth-order valence-electron chi connectivity index (χ4n) is 1.80. The minimum Gasteiger partial charge on any atom is -0.481 e. The fourth-order valence-corrected chi connectivity index (χ4v) is 1.93. The van der Waals surface area contributed by atoms with E-state index in [2.05, 4.69) is 0 Å². The van der Waals surface area contributed by atoms with E-state index in [4.69, 9.17) is 16.7 Å². The van der Waals surface area contributed by atoms with Crippen molar-refractivity contribution in [3.8, 4) is 0 Å². The lowest BCUT2D eigenvalue weighted by Crippen LogP contribution is -2.13. The number of aromatic nitrogens is 1. The highest BCUT2D eigenvalue weighted by molar-refractivity contribution is 6.30. The van der Waals surface area contributed by atoms with E-state index in [1.807, 2.05) is 41.2 Å². The molecule has 17 heavy (non-hydrogen) atoms. The number of aliphatic carboxylic acids is 1. The quantitative estimate of drug-likeness (QED) is 0.904. The van der Waals surface area contributed by atoms with E-state index < -0.39 is 5.97 Å². The van der Waals surface area contributed by atoms with E-state index in [1.165, 1.54) is 0 Å². The van der Waals surface area contributed by atoms with Crippen molar-refractivity contribution in [1.82, 2.24) is 4.57 Å². The summed E-state index contributed by atoms with van der Waals surface area (Å²) in [6.45, 7) is 0. The molecule has 0 aliphatic heterocycles. The van der Waals surface area contributed by atoms with Crippen LogP contribution >= 0.6 is 11.6 Å². The lowest BCUT2D eigenvalue weighted by Gasteiger charge is -2.17. The summed E-state index contributed by atoms with van der Waals surface area (Å²) in [5.74, 6) is -0.821. The van der Waals surface area contributed by atoms with Crippen LogP contribution in [0.25, 0.3) is 0 Å². The van der Waals surface area contributed by atoms with Crippen molar-refractivity contribution in [2.75, 3.05) is 0 Å². The number of hydrogen-bond donors (Lipinski definition) is 1. The monoisotopic (exact) mass is 249 g/mol. The molecule has 0 saturated heterocycles. The number of hydrogen-bond acceptors (Lipinski definition) is 1. The summed E-state index contributed by atoms with van der Waals surface area (Å²) >= 11 is 5.82. The summed E-state index contributed by atoms with van der Waals surface area (Å²) < 4.78 is 1.89. The molecule has 88 valence electrons. The van der Waals surface area contributed by atoms with E-state index in [1.54, 1.807) is 12.1 Å². The predicted octanol–water partition coefficient (Wildman–Crippen LogP) is 3.21. The molecule has 1 atom stereocenters. The summed E-state index contributed by atoms with van der Waals surface area (Å²) in [5.41, 5.74) is 0.938. The van der Waals surface area contributed by atoms with Crippen LogP contribution in [0.2, 0.25) is 5.02 Å². The first kappa shape index (κ1) is 11.7. The smallest absolute Gasteiger partial charge is 0.305 e. The molecule has 1 heterocycles. The van der Waals surface area contributed by atoms with Crippen molar-refractivity contribution in [2.24, 2.45) is 0 Å². The lowest BCUT2D eigenvalue weighted by atomic mass is 10.0. The van der Waals surface area contributed by atoms with Crippen molar-refractivity contribution in [2.45, 2.75) is 12.5 Å². The second-order valence-electron chi connectivity index (χ2n) is 3.80. The van der Waals surface area contributed by atoms with Crippen LogP contribution in [0.5, 0.6) is 0 Å². The highest BCUT2D eigenvalue weighted by Crippen LogP contribution is 2.23. The van der Waals surface area contributed by atoms with Crippen LogP contribution in [-0.2, 0) is 4.79 Å². The third kappa shape index (κ3) is 2.88. The Morgan fingerprint density at radius 2 is 1.82 bits per heavy atom. The summed E-state index contributed by atoms with van der Waals surface area (Å²) in [4.78, 5) is 10.9. The van der Waals surface area contributed by atoms with E-state index >= 15 is 0 Å². The third-order valence-electron chi connectivity index (χ3n) is 2.61. The van der Waals surface area contributed by atoms with Crippen LogP contribution in [0.4, 0.5) is 0 Å². The Morgan fingerprint density at radius 1 is 1.24 bits per heavy atom. The van der Waals surface area contributed by atoms with Crippen LogP contribution in [0.1, 0.15) is 18.0 Å². The van der Waals surface area contributed by atoms with Gasteiger partial charge < -0.3 is 9.67 Å². The Morgan fingerprint density at radius 3 is 2.35 bits per heavy atom. The SMILES string of the molecule is O=C(O)C[C@H](c1ccc(Cl)cc1)n1cccc1. The van der Waals surface area contributed by atoms with Crippen molar-refractivity contribution in [3.05, 3.63) is 59.4 Å². The highest BCUT2D eigenvalue weighted by Gasteiger charge is 2.16. The van der Waals surface area contributed by atoms with Crippen LogP contribution in [0, 0.1) is 0 Å². The zero-order valence-corrected chi connectivity index (χ0v) is 9.84. The van der Waals surface area contributed by atoms with Gasteiger partial charge in [-0.1, -0.05) is 23.7 Å². The molecule has 0 bridgehead atoms. The number of rotatable bonds is 4. The molecule has 1 aromatic carbocycles. The summed E-state index contributed by atoms with van der Waals surface area (Å²) in [5, 5.41) is 9.61. The molecule has 0 fully saturated rings. The highest BCUT2D eigenvalue weighted by atomic mass is 35.5. The van der Waals surface area contributed by atoms with Gasteiger partial charge in [-0.3, -0.25) is 4.79 Å². The maximum atomic E-state index is 10.9. The maximum absolute atomic E-state index is 10.9. The normalized spacial score (nSPS) is 12.3. The Hall–Kier alpha value is -1.74. The number of carboxylic acids is 1. The number of benzene rings is 1. The molecule has 0 spiro atoms. The molecule has 4 heteroatoms. The van der Waals surface area contributed by atoms with Gasteiger partial charge in [0.1, 0.15) is 0 Å². The lowest BCUT2D eigenvalue weighted by molar-refractivity contribution is -0.137. The van der Waals surface area contributed by atoms with Gasteiger partial charge in [0.05, 0.1) is 12.5 Å². The number of halogens is 1. The largest absolute Gasteiger partial charge is 0.481 e. The van der Waals surface area contributed by atoms with Gasteiger partial charge in [-0.05, 0) is 29.8 Å². The van der Waals surface area contributed by atoms with Crippen molar-refractivity contribution < 1.29 is 9.90 Å². The minimum atomic E-state index is -0.821. The van der Waals surface area contributed by atoms with Gasteiger partial charge in [-0.15, -0.1) is 0 Å². The van der Waals surface area contributed by atoms with Gasteiger partial charge in [0.25, 0.3) is 0 Å². The molecular formula is C13H12ClNO2. The molecule has 0 aliphatic carbocycles. The van der Waals surface area contributed by atoms with Crippen LogP contribution in [0.15, 0.2) is 48.8 Å². The number of carbonyl (C=O) groups is 1. The predicted molar refractivity (Wildman–Crippen MR) is 66.3 cm³/mol. The van der Waals surface area contributed by atoms with Gasteiger partial charge in [0.15, 0.2) is 0 Å². The van der Waals surface area contributed by atoms with Gasteiger partial charge in [0.2, 0.25) is 0 Å². The summed E-state index contributed by atoms with van der Waals surface area (Å²) in [6, 6.07) is 10.8. The van der Waals surface area contributed by atoms with Crippen LogP contribution in [-0.4, -0.2) is 15.6 Å². The Kier molecular flexibility index (Phi) is 3.49. The molecule has 0 amide bonds. The van der Waals surface area contributed by atoms with Crippen molar-refractivity contribution in [3.63, 3.8) is 0 Å². The standard InChI is InChI=1S/C13H12ClNO2/c14-11-5-3-10(4-6-11)12(9-13(16)17)15-7-1-2-8-15/h1-8,12H,9H2,(H,16,17)/t12-/m1/s1. The molecule has 0 aliphatic rings. The zero-order valence-electron chi connectivity index (χ0n) is 9.08. The van der Waals surface area contributed by atoms with E-state index in [0.29, 0.717) is 5.02 Å². The third-order valence-corrected chi connectivity index (χ3v) is 2.86. The Bertz CT molecular complexity index is 491. The van der Waals surface area contributed by atoms with Crippen LogP contribution in [0.3, 0.4) is 0 Å². The first-order valence-electron chi connectivity index (χ1n) is 5.26. The minimum absolute atomic E-state index is 0.0519. The van der Waals surface area contributed by atoms with Gasteiger partial charge in [-0.25, -0.2) is 0 Å². The Balaban J connectivity index is 2.33. The first-order valence-corrected chi connectivity index (χ1v) is 5.64. The molecule has 3 nitrogen and oxygen atoms in total. The molecule has 2 aromatic rings. The molecule has 1 N–H and O–H groups in total. The van der Waals surface area contributed by atoms with Gasteiger partial charge in [0, 0.05) is 17.4 Å². The maximum Gasteiger partial charge on any atom is 0.305 e. The summed E-state index contributed by atoms with van der Waals surface area (Å²) in [7, 11) is 0. The first-order chi connectivity index (χ1) is 8.16. The van der Waals surface area contributed by atoms with Crippen molar-refractivity contribution in [1.29, 1.82) is 0 Å². The number of carboxylic acid groups (broad SMARTS) is 1. The number of nitrogens with zero attached hydrogens (tertiary/aromatic N) is 1.